The van der Waals surface area contributed by atoms with Gasteiger partial charge >= 0.3 is 0 Å². The zero-order valence-corrected chi connectivity index (χ0v) is 18.7. The Kier molecular flexibility index (Phi) is 5.15. The van der Waals surface area contributed by atoms with E-state index < -0.39 is 5.92 Å². The van der Waals surface area contributed by atoms with Gasteiger partial charge in [0, 0.05) is 17.5 Å². The van der Waals surface area contributed by atoms with E-state index in [1.807, 2.05) is 72.8 Å². The van der Waals surface area contributed by atoms with Crippen molar-refractivity contribution in [2.45, 2.75) is 12.5 Å². The van der Waals surface area contributed by atoms with E-state index in [0.29, 0.717) is 23.6 Å². The van der Waals surface area contributed by atoms with Gasteiger partial charge in [-0.05, 0) is 47.4 Å². The lowest BCUT2D eigenvalue weighted by Gasteiger charge is -2.14. The van der Waals surface area contributed by atoms with E-state index in [9.17, 15) is 9.59 Å². The third-order valence-corrected chi connectivity index (χ3v) is 6.30. The molecular formula is C30H21NO4. The largest absolute Gasteiger partial charge is 0.459 e. The minimum absolute atomic E-state index is 0.0388. The summed E-state index contributed by atoms with van der Waals surface area (Å²) in [6.45, 7) is 0.335. The summed E-state index contributed by atoms with van der Waals surface area (Å²) in [5.41, 5.74) is 2.11. The third kappa shape index (κ3) is 3.77. The standard InChI is InChI=1S/C30H21NO4/c32-25-14-7-15-27-28(25)23-12-6-13-24(29(23)35-27)30(33)31-18-19-16-17-26(22-11-5-4-10-21(19)22)34-20-8-2-1-3-9-20/h1-17,28H,18H2,(H,31,33). The second kappa shape index (κ2) is 8.61. The molecular weight excluding hydrogens is 438 g/mol. The second-order valence-corrected chi connectivity index (χ2v) is 8.46. The molecule has 2 aliphatic rings. The topological polar surface area (TPSA) is 64.6 Å². The fourth-order valence-electron chi connectivity index (χ4n) is 4.63. The maximum atomic E-state index is 13.2. The first-order valence-corrected chi connectivity index (χ1v) is 11.4. The monoisotopic (exact) mass is 459 g/mol. The molecule has 1 N–H and O–H groups in total. The first-order valence-electron chi connectivity index (χ1n) is 11.4. The van der Waals surface area contributed by atoms with Crippen LogP contribution in [0.3, 0.4) is 0 Å². The summed E-state index contributed by atoms with van der Waals surface area (Å²) in [6.07, 6.45) is 4.99. The summed E-state index contributed by atoms with van der Waals surface area (Å²) in [5.74, 6) is 1.77. The van der Waals surface area contributed by atoms with E-state index in [-0.39, 0.29) is 11.7 Å². The van der Waals surface area contributed by atoms with Crippen molar-refractivity contribution in [3.63, 3.8) is 0 Å². The van der Waals surface area contributed by atoms with Crippen molar-refractivity contribution in [2.75, 3.05) is 0 Å². The van der Waals surface area contributed by atoms with Gasteiger partial charge in [-0.1, -0.05) is 66.7 Å². The molecule has 1 aliphatic carbocycles. The van der Waals surface area contributed by atoms with Crippen molar-refractivity contribution in [3.05, 3.63) is 126 Å². The highest BCUT2D eigenvalue weighted by Crippen LogP contribution is 2.44. The predicted molar refractivity (Wildman–Crippen MR) is 134 cm³/mol. The van der Waals surface area contributed by atoms with Crippen LogP contribution in [0.25, 0.3) is 10.8 Å². The maximum absolute atomic E-state index is 13.2. The molecule has 6 rings (SSSR count). The molecule has 4 aromatic carbocycles. The Morgan fingerprint density at radius 2 is 1.69 bits per heavy atom. The number of carbonyl (C=O) groups is 2. The van der Waals surface area contributed by atoms with Gasteiger partial charge in [-0.2, -0.15) is 0 Å². The van der Waals surface area contributed by atoms with Crippen molar-refractivity contribution in [1.82, 2.24) is 5.32 Å². The van der Waals surface area contributed by atoms with Crippen LogP contribution >= 0.6 is 0 Å². The molecule has 1 unspecified atom stereocenters. The molecule has 0 radical (unpaired) electrons. The Morgan fingerprint density at radius 1 is 0.886 bits per heavy atom. The molecule has 0 spiro atoms. The molecule has 170 valence electrons. The zero-order chi connectivity index (χ0) is 23.8. The summed E-state index contributed by atoms with van der Waals surface area (Å²) in [6, 6.07) is 26.9. The van der Waals surface area contributed by atoms with E-state index in [0.717, 1.165) is 33.4 Å². The van der Waals surface area contributed by atoms with Gasteiger partial charge < -0.3 is 14.8 Å². The smallest absolute Gasteiger partial charge is 0.255 e. The van der Waals surface area contributed by atoms with Gasteiger partial charge in [0.2, 0.25) is 0 Å². The van der Waals surface area contributed by atoms with E-state index in [4.69, 9.17) is 9.47 Å². The number of nitrogens with one attached hydrogen (secondary N) is 1. The van der Waals surface area contributed by atoms with Gasteiger partial charge in [0.15, 0.2) is 5.78 Å². The molecule has 0 saturated heterocycles. The normalized spacial score (nSPS) is 15.7. The number of ether oxygens (including phenoxy) is 2. The molecule has 4 aromatic rings. The fraction of sp³-hybridized carbons (Fsp3) is 0.0667. The summed E-state index contributed by atoms with van der Waals surface area (Å²) in [7, 11) is 0. The number of amides is 1. The van der Waals surface area contributed by atoms with Crippen LogP contribution in [0.2, 0.25) is 0 Å². The zero-order valence-electron chi connectivity index (χ0n) is 18.7. The van der Waals surface area contributed by atoms with Crippen LogP contribution in [0.4, 0.5) is 0 Å². The molecule has 35 heavy (non-hydrogen) atoms. The molecule has 5 nitrogen and oxygen atoms in total. The van der Waals surface area contributed by atoms with Crippen molar-refractivity contribution in [2.24, 2.45) is 0 Å². The molecule has 0 bridgehead atoms. The summed E-state index contributed by atoms with van der Waals surface area (Å²) < 4.78 is 12.0. The number of allylic oxidation sites excluding steroid dienone is 4. The van der Waals surface area contributed by atoms with Gasteiger partial charge in [-0.25, -0.2) is 0 Å². The van der Waals surface area contributed by atoms with Gasteiger partial charge in [0.25, 0.3) is 5.91 Å². The number of hydrogen-bond acceptors (Lipinski definition) is 4. The van der Waals surface area contributed by atoms with E-state index in [1.165, 1.54) is 6.08 Å². The lowest BCUT2D eigenvalue weighted by atomic mass is 9.90. The van der Waals surface area contributed by atoms with E-state index in [1.54, 1.807) is 24.3 Å². The minimum Gasteiger partial charge on any atom is -0.459 e. The summed E-state index contributed by atoms with van der Waals surface area (Å²) in [5, 5.41) is 4.99. The van der Waals surface area contributed by atoms with E-state index >= 15 is 0 Å². The predicted octanol–water partition coefficient (Wildman–Crippen LogP) is 6.06. The lowest BCUT2D eigenvalue weighted by Crippen LogP contribution is -2.23. The van der Waals surface area contributed by atoms with Crippen LogP contribution in [0.1, 0.15) is 27.4 Å². The number of benzene rings is 4. The average Bonchev–Trinajstić information content (AvgIpc) is 3.29. The Bertz CT molecular complexity index is 1540. The highest BCUT2D eigenvalue weighted by molar-refractivity contribution is 6.03. The Hall–Kier alpha value is -4.64. The van der Waals surface area contributed by atoms with Crippen LogP contribution < -0.4 is 14.8 Å². The van der Waals surface area contributed by atoms with Gasteiger partial charge in [0.1, 0.15) is 28.9 Å². The van der Waals surface area contributed by atoms with Crippen LogP contribution in [0, 0.1) is 0 Å². The Labute approximate surface area is 202 Å². The minimum atomic E-state index is -0.469. The van der Waals surface area contributed by atoms with Crippen LogP contribution in [-0.4, -0.2) is 11.7 Å². The highest BCUT2D eigenvalue weighted by atomic mass is 16.5. The number of hydrogen-bond donors (Lipinski definition) is 1. The molecule has 0 fully saturated rings. The van der Waals surface area contributed by atoms with Crippen molar-refractivity contribution in [3.8, 4) is 17.2 Å². The molecule has 1 amide bonds. The average molecular weight is 460 g/mol. The van der Waals surface area contributed by atoms with Crippen LogP contribution in [0.5, 0.6) is 17.2 Å². The first kappa shape index (κ1) is 20.9. The number of para-hydroxylation sites is 2. The molecule has 1 aliphatic heterocycles. The third-order valence-electron chi connectivity index (χ3n) is 6.30. The molecule has 0 saturated carbocycles. The van der Waals surface area contributed by atoms with Crippen molar-refractivity contribution >= 4 is 22.5 Å². The highest BCUT2D eigenvalue weighted by Gasteiger charge is 2.37. The van der Waals surface area contributed by atoms with Crippen molar-refractivity contribution < 1.29 is 19.1 Å². The SMILES string of the molecule is O=C(NCc1ccc(Oc2ccccc2)c2ccccc12)c1cccc2c1OC1=CC=CC(=O)C12. The Morgan fingerprint density at radius 3 is 2.54 bits per heavy atom. The number of rotatable bonds is 5. The quantitative estimate of drug-likeness (QED) is 0.394. The van der Waals surface area contributed by atoms with Crippen molar-refractivity contribution in [1.29, 1.82) is 0 Å². The van der Waals surface area contributed by atoms with E-state index in [2.05, 4.69) is 5.32 Å². The van der Waals surface area contributed by atoms with Gasteiger partial charge in [0.05, 0.1) is 5.56 Å². The molecule has 5 heteroatoms. The number of carbonyl (C=O) groups excluding carboxylic acids is 2. The molecule has 1 atom stereocenters. The fourth-order valence-corrected chi connectivity index (χ4v) is 4.63. The molecule has 0 aromatic heterocycles. The van der Waals surface area contributed by atoms with Gasteiger partial charge in [-0.3, -0.25) is 9.59 Å². The van der Waals surface area contributed by atoms with Crippen LogP contribution in [0.15, 0.2) is 109 Å². The number of fused-ring (bicyclic) bond motifs is 4. The van der Waals surface area contributed by atoms with Crippen LogP contribution in [-0.2, 0) is 11.3 Å². The summed E-state index contributed by atoms with van der Waals surface area (Å²) in [4.78, 5) is 25.6. The number of ketones is 1. The maximum Gasteiger partial charge on any atom is 0.255 e. The Balaban J connectivity index is 1.26. The summed E-state index contributed by atoms with van der Waals surface area (Å²) >= 11 is 0. The first-order chi connectivity index (χ1) is 17.2. The van der Waals surface area contributed by atoms with Gasteiger partial charge in [-0.15, -0.1) is 0 Å². The second-order valence-electron chi connectivity index (χ2n) is 8.46. The lowest BCUT2D eigenvalue weighted by molar-refractivity contribution is -0.115. The molecule has 1 heterocycles.